The number of oxazole rings is 1. The lowest BCUT2D eigenvalue weighted by Crippen LogP contribution is -2.20. The Morgan fingerprint density at radius 1 is 1.00 bits per heavy atom. The quantitative estimate of drug-likeness (QED) is 0.353. The van der Waals surface area contributed by atoms with Gasteiger partial charge in [0.25, 0.3) is 5.91 Å². The molecule has 5 rings (SSSR count). The van der Waals surface area contributed by atoms with Crippen LogP contribution >= 0.6 is 0 Å². The highest BCUT2D eigenvalue weighted by Gasteiger charge is 2.13. The zero-order valence-electron chi connectivity index (χ0n) is 18.3. The van der Waals surface area contributed by atoms with E-state index < -0.39 is 0 Å². The van der Waals surface area contributed by atoms with Crippen LogP contribution < -0.4 is 14.8 Å². The molecule has 1 heterocycles. The Balaban J connectivity index is 1.33. The molecule has 0 aliphatic rings. The number of rotatable bonds is 6. The van der Waals surface area contributed by atoms with Crippen LogP contribution in [0.5, 0.6) is 11.5 Å². The molecule has 0 spiro atoms. The molecular weight excluding hydrogens is 416 g/mol. The average Bonchev–Trinajstić information content (AvgIpc) is 3.27. The van der Waals surface area contributed by atoms with E-state index in [0.29, 0.717) is 34.2 Å². The molecule has 0 saturated heterocycles. The molecule has 1 amide bonds. The van der Waals surface area contributed by atoms with Crippen molar-refractivity contribution < 1.29 is 18.7 Å². The number of anilines is 1. The third kappa shape index (κ3) is 4.23. The van der Waals surface area contributed by atoms with Crippen LogP contribution in [0, 0.1) is 6.92 Å². The number of carbonyl (C=O) groups is 1. The molecule has 1 aromatic heterocycles. The summed E-state index contributed by atoms with van der Waals surface area (Å²) in [6.07, 6.45) is 0. The summed E-state index contributed by atoms with van der Waals surface area (Å²) in [5.74, 6) is 1.62. The zero-order valence-corrected chi connectivity index (χ0v) is 18.3. The van der Waals surface area contributed by atoms with Crippen molar-refractivity contribution in [2.45, 2.75) is 6.92 Å². The lowest BCUT2D eigenvalue weighted by molar-refractivity contribution is -0.118. The Labute approximate surface area is 190 Å². The van der Waals surface area contributed by atoms with Gasteiger partial charge in [0, 0.05) is 22.7 Å². The zero-order chi connectivity index (χ0) is 22.8. The summed E-state index contributed by atoms with van der Waals surface area (Å²) in [5.41, 5.74) is 3.74. The number of amides is 1. The summed E-state index contributed by atoms with van der Waals surface area (Å²) in [5, 5.41) is 4.97. The molecule has 0 aliphatic carbocycles. The molecule has 0 bridgehead atoms. The number of aromatic nitrogens is 1. The number of aryl methyl sites for hydroxylation is 1. The van der Waals surface area contributed by atoms with Crippen LogP contribution in [-0.2, 0) is 4.79 Å². The number of nitrogens with zero attached hydrogens (tertiary/aromatic N) is 1. The topological polar surface area (TPSA) is 73.6 Å². The van der Waals surface area contributed by atoms with Crippen LogP contribution in [0.4, 0.5) is 5.69 Å². The molecule has 164 valence electrons. The van der Waals surface area contributed by atoms with Crippen LogP contribution in [0.2, 0.25) is 0 Å². The SMILES string of the molecule is COc1ccc2oc(-c3ccc(C)c(NC(=O)COc4cccc5ccccc45)c3)nc2c1. The highest BCUT2D eigenvalue weighted by atomic mass is 16.5. The molecule has 4 aromatic carbocycles. The fourth-order valence-corrected chi connectivity index (χ4v) is 3.70. The van der Waals surface area contributed by atoms with E-state index in [-0.39, 0.29) is 12.5 Å². The van der Waals surface area contributed by atoms with Gasteiger partial charge in [-0.3, -0.25) is 4.79 Å². The minimum atomic E-state index is -0.245. The molecule has 0 fully saturated rings. The van der Waals surface area contributed by atoms with Crippen LogP contribution in [0.3, 0.4) is 0 Å². The van der Waals surface area contributed by atoms with Crippen molar-refractivity contribution in [3.8, 4) is 23.0 Å². The maximum absolute atomic E-state index is 12.6. The first kappa shape index (κ1) is 20.6. The van der Waals surface area contributed by atoms with Crippen LogP contribution in [0.1, 0.15) is 5.56 Å². The average molecular weight is 438 g/mol. The van der Waals surface area contributed by atoms with E-state index in [1.165, 1.54) is 0 Å². The van der Waals surface area contributed by atoms with Gasteiger partial charge in [-0.1, -0.05) is 42.5 Å². The van der Waals surface area contributed by atoms with Gasteiger partial charge in [-0.15, -0.1) is 0 Å². The molecule has 6 nitrogen and oxygen atoms in total. The van der Waals surface area contributed by atoms with Gasteiger partial charge < -0.3 is 19.2 Å². The monoisotopic (exact) mass is 438 g/mol. The van der Waals surface area contributed by atoms with Crippen LogP contribution in [-0.4, -0.2) is 24.6 Å². The smallest absolute Gasteiger partial charge is 0.262 e. The predicted octanol–water partition coefficient (Wildman–Crippen LogP) is 5.98. The number of carbonyl (C=O) groups excluding carboxylic acids is 1. The molecule has 33 heavy (non-hydrogen) atoms. The summed E-state index contributed by atoms with van der Waals surface area (Å²) in [4.78, 5) is 17.2. The number of ether oxygens (including phenoxy) is 2. The first-order valence-electron chi connectivity index (χ1n) is 10.6. The first-order valence-corrected chi connectivity index (χ1v) is 10.6. The summed E-state index contributed by atoms with van der Waals surface area (Å²) in [6.45, 7) is 1.84. The lowest BCUT2D eigenvalue weighted by Gasteiger charge is -2.12. The summed E-state index contributed by atoms with van der Waals surface area (Å²) >= 11 is 0. The molecule has 0 atom stereocenters. The van der Waals surface area contributed by atoms with Gasteiger partial charge in [-0.05, 0) is 48.2 Å². The van der Waals surface area contributed by atoms with Crippen molar-refractivity contribution in [3.63, 3.8) is 0 Å². The molecule has 5 aromatic rings. The van der Waals surface area contributed by atoms with Crippen molar-refractivity contribution in [2.24, 2.45) is 0 Å². The largest absolute Gasteiger partial charge is 0.497 e. The first-order chi connectivity index (χ1) is 16.1. The molecular formula is C27H22N2O4. The third-order valence-corrected chi connectivity index (χ3v) is 5.46. The highest BCUT2D eigenvalue weighted by molar-refractivity contribution is 5.94. The minimum absolute atomic E-state index is 0.0969. The summed E-state index contributed by atoms with van der Waals surface area (Å²) < 4.78 is 17.0. The van der Waals surface area contributed by atoms with E-state index in [0.717, 1.165) is 21.9 Å². The molecule has 6 heteroatoms. The normalized spacial score (nSPS) is 11.0. The van der Waals surface area contributed by atoms with Crippen molar-refractivity contribution in [3.05, 3.63) is 84.4 Å². The third-order valence-electron chi connectivity index (χ3n) is 5.46. The molecule has 0 saturated carbocycles. The highest BCUT2D eigenvalue weighted by Crippen LogP contribution is 2.30. The maximum Gasteiger partial charge on any atom is 0.262 e. The second kappa shape index (κ2) is 8.67. The second-order valence-corrected chi connectivity index (χ2v) is 7.70. The summed E-state index contributed by atoms with van der Waals surface area (Å²) in [6, 6.07) is 24.9. The Hall–Kier alpha value is -4.32. The van der Waals surface area contributed by atoms with E-state index in [1.807, 2.05) is 85.8 Å². The van der Waals surface area contributed by atoms with E-state index in [2.05, 4.69) is 10.3 Å². The number of hydrogen-bond donors (Lipinski definition) is 1. The van der Waals surface area contributed by atoms with Gasteiger partial charge in [0.2, 0.25) is 5.89 Å². The van der Waals surface area contributed by atoms with Crippen LogP contribution in [0.25, 0.3) is 33.3 Å². The maximum atomic E-state index is 12.6. The van der Waals surface area contributed by atoms with Gasteiger partial charge in [-0.25, -0.2) is 4.98 Å². The fraction of sp³-hybridized carbons (Fsp3) is 0.111. The van der Waals surface area contributed by atoms with Gasteiger partial charge in [0.1, 0.15) is 17.0 Å². The van der Waals surface area contributed by atoms with Crippen molar-refractivity contribution in [2.75, 3.05) is 19.0 Å². The van der Waals surface area contributed by atoms with Crippen molar-refractivity contribution in [1.29, 1.82) is 0 Å². The Morgan fingerprint density at radius 3 is 2.73 bits per heavy atom. The number of methoxy groups -OCH3 is 1. The standard InChI is InChI=1S/C27H22N2O4/c1-17-10-11-19(27-29-23-15-20(31-2)12-13-25(23)33-27)14-22(17)28-26(30)16-32-24-9-5-7-18-6-3-4-8-21(18)24/h3-15H,16H2,1-2H3,(H,28,30). The van der Waals surface area contributed by atoms with Gasteiger partial charge in [0.15, 0.2) is 12.2 Å². The van der Waals surface area contributed by atoms with E-state index in [1.54, 1.807) is 7.11 Å². The molecule has 0 unspecified atom stereocenters. The van der Waals surface area contributed by atoms with E-state index in [4.69, 9.17) is 13.9 Å². The van der Waals surface area contributed by atoms with Crippen molar-refractivity contribution in [1.82, 2.24) is 4.98 Å². The summed E-state index contributed by atoms with van der Waals surface area (Å²) in [7, 11) is 1.61. The van der Waals surface area contributed by atoms with Gasteiger partial charge >= 0.3 is 0 Å². The van der Waals surface area contributed by atoms with E-state index >= 15 is 0 Å². The Bertz CT molecular complexity index is 1470. The van der Waals surface area contributed by atoms with Crippen LogP contribution in [0.15, 0.2) is 83.3 Å². The lowest BCUT2D eigenvalue weighted by atomic mass is 10.1. The van der Waals surface area contributed by atoms with Gasteiger partial charge in [0.05, 0.1) is 7.11 Å². The predicted molar refractivity (Wildman–Crippen MR) is 129 cm³/mol. The molecule has 0 aliphatic heterocycles. The molecule has 1 N–H and O–H groups in total. The fourth-order valence-electron chi connectivity index (χ4n) is 3.70. The second-order valence-electron chi connectivity index (χ2n) is 7.70. The number of fused-ring (bicyclic) bond motifs is 2. The Morgan fingerprint density at radius 2 is 1.85 bits per heavy atom. The Kier molecular flexibility index (Phi) is 5.40. The number of hydrogen-bond acceptors (Lipinski definition) is 5. The number of benzene rings is 4. The minimum Gasteiger partial charge on any atom is -0.497 e. The van der Waals surface area contributed by atoms with E-state index in [9.17, 15) is 4.79 Å². The van der Waals surface area contributed by atoms with Gasteiger partial charge in [-0.2, -0.15) is 0 Å². The molecule has 0 radical (unpaired) electrons. The number of nitrogens with one attached hydrogen (secondary N) is 1. The van der Waals surface area contributed by atoms with Crippen molar-refractivity contribution >= 4 is 33.5 Å².